The number of benzene rings is 1. The summed E-state index contributed by atoms with van der Waals surface area (Å²) in [6, 6.07) is 8.37. The minimum absolute atomic E-state index is 0.168. The first-order valence-electron chi connectivity index (χ1n) is 7.78. The van der Waals surface area contributed by atoms with E-state index in [1.54, 1.807) is 16.7 Å². The summed E-state index contributed by atoms with van der Waals surface area (Å²) in [5.74, 6) is 0.168. The molecule has 124 valence electrons. The van der Waals surface area contributed by atoms with Gasteiger partial charge < -0.3 is 4.90 Å². The minimum atomic E-state index is 0.168. The Morgan fingerprint density at radius 2 is 1.91 bits per heavy atom. The van der Waals surface area contributed by atoms with Crippen LogP contribution in [0.2, 0.25) is 0 Å². The smallest absolute Gasteiger partial charge is 0.222 e. The van der Waals surface area contributed by atoms with Crippen molar-refractivity contribution in [2.24, 2.45) is 7.05 Å². The van der Waals surface area contributed by atoms with Gasteiger partial charge in [-0.3, -0.25) is 9.48 Å². The molecule has 0 saturated heterocycles. The molecule has 0 aliphatic carbocycles. The SMILES string of the molecule is CSc1ccc(CN(C)C(=O)CCc2c(C)nn(C)c2C)cc1. The van der Waals surface area contributed by atoms with Crippen LogP contribution in [0.15, 0.2) is 29.2 Å². The van der Waals surface area contributed by atoms with Gasteiger partial charge in [-0.25, -0.2) is 0 Å². The quantitative estimate of drug-likeness (QED) is 0.762. The maximum Gasteiger partial charge on any atom is 0.222 e. The second-order valence-corrected chi connectivity index (χ2v) is 6.75. The van der Waals surface area contributed by atoms with Crippen LogP contribution in [-0.4, -0.2) is 33.9 Å². The molecule has 0 atom stereocenters. The van der Waals surface area contributed by atoms with Gasteiger partial charge in [-0.15, -0.1) is 11.8 Å². The molecule has 2 aromatic rings. The summed E-state index contributed by atoms with van der Waals surface area (Å²) in [7, 11) is 3.81. The molecule has 0 aliphatic heterocycles. The maximum absolute atomic E-state index is 12.4. The first kappa shape index (κ1) is 17.6. The van der Waals surface area contributed by atoms with E-state index in [-0.39, 0.29) is 5.91 Å². The summed E-state index contributed by atoms with van der Waals surface area (Å²) in [5, 5.41) is 4.41. The highest BCUT2D eigenvalue weighted by molar-refractivity contribution is 7.98. The van der Waals surface area contributed by atoms with Crippen molar-refractivity contribution in [2.75, 3.05) is 13.3 Å². The number of carbonyl (C=O) groups is 1. The van der Waals surface area contributed by atoms with Crippen LogP contribution in [0.5, 0.6) is 0 Å². The van der Waals surface area contributed by atoms with Crippen molar-refractivity contribution in [3.8, 4) is 0 Å². The first-order valence-corrected chi connectivity index (χ1v) is 9.00. The Morgan fingerprint density at radius 3 is 2.43 bits per heavy atom. The summed E-state index contributed by atoms with van der Waals surface area (Å²) >= 11 is 1.72. The van der Waals surface area contributed by atoms with Gasteiger partial charge in [-0.2, -0.15) is 5.10 Å². The number of aryl methyl sites for hydroxylation is 2. The van der Waals surface area contributed by atoms with E-state index in [4.69, 9.17) is 0 Å². The van der Waals surface area contributed by atoms with Gasteiger partial charge in [0.25, 0.3) is 0 Å². The first-order chi connectivity index (χ1) is 10.9. The van der Waals surface area contributed by atoms with E-state index in [0.717, 1.165) is 23.4 Å². The van der Waals surface area contributed by atoms with Gasteiger partial charge >= 0.3 is 0 Å². The highest BCUT2D eigenvalue weighted by atomic mass is 32.2. The molecule has 0 aliphatic rings. The maximum atomic E-state index is 12.4. The predicted octanol–water partition coefficient (Wildman–Crippen LogP) is 3.35. The van der Waals surface area contributed by atoms with Crippen molar-refractivity contribution in [3.05, 3.63) is 46.8 Å². The van der Waals surface area contributed by atoms with Crippen LogP contribution in [0.1, 0.15) is 28.9 Å². The fourth-order valence-electron chi connectivity index (χ4n) is 2.70. The molecule has 2 rings (SSSR count). The molecule has 5 heteroatoms. The summed E-state index contributed by atoms with van der Waals surface area (Å²) in [4.78, 5) is 15.4. The van der Waals surface area contributed by atoms with E-state index in [9.17, 15) is 4.79 Å². The van der Waals surface area contributed by atoms with E-state index in [1.807, 2.05) is 25.7 Å². The lowest BCUT2D eigenvalue weighted by Gasteiger charge is -2.17. The van der Waals surface area contributed by atoms with Crippen molar-refractivity contribution in [1.29, 1.82) is 0 Å². The summed E-state index contributed by atoms with van der Waals surface area (Å²) in [6.07, 6.45) is 3.33. The van der Waals surface area contributed by atoms with E-state index in [0.29, 0.717) is 13.0 Å². The third kappa shape index (κ3) is 4.38. The lowest BCUT2D eigenvalue weighted by molar-refractivity contribution is -0.130. The Labute approximate surface area is 142 Å². The molecule has 0 fully saturated rings. The Hall–Kier alpha value is -1.75. The molecule has 0 bridgehead atoms. The van der Waals surface area contributed by atoms with E-state index in [2.05, 4.69) is 42.5 Å². The van der Waals surface area contributed by atoms with Crippen molar-refractivity contribution in [1.82, 2.24) is 14.7 Å². The van der Waals surface area contributed by atoms with Crippen LogP contribution in [-0.2, 0) is 24.8 Å². The molecule has 1 amide bonds. The molecule has 4 nitrogen and oxygen atoms in total. The zero-order valence-electron chi connectivity index (χ0n) is 14.6. The number of aromatic nitrogens is 2. The Kier molecular flexibility index (Phi) is 5.88. The highest BCUT2D eigenvalue weighted by Crippen LogP contribution is 2.17. The topological polar surface area (TPSA) is 38.1 Å². The van der Waals surface area contributed by atoms with E-state index >= 15 is 0 Å². The fourth-order valence-corrected chi connectivity index (χ4v) is 3.10. The van der Waals surface area contributed by atoms with E-state index in [1.165, 1.54) is 10.5 Å². The predicted molar refractivity (Wildman–Crippen MR) is 95.7 cm³/mol. The minimum Gasteiger partial charge on any atom is -0.341 e. The van der Waals surface area contributed by atoms with Crippen molar-refractivity contribution < 1.29 is 4.79 Å². The van der Waals surface area contributed by atoms with Gasteiger partial charge in [0.05, 0.1) is 5.69 Å². The zero-order valence-corrected chi connectivity index (χ0v) is 15.4. The Balaban J connectivity index is 1.91. The third-order valence-electron chi connectivity index (χ3n) is 4.25. The number of carbonyl (C=O) groups excluding carboxylic acids is 1. The van der Waals surface area contributed by atoms with Gasteiger partial charge in [0.15, 0.2) is 0 Å². The summed E-state index contributed by atoms with van der Waals surface area (Å²) < 4.78 is 1.88. The van der Waals surface area contributed by atoms with Crippen molar-refractivity contribution in [3.63, 3.8) is 0 Å². The molecular formula is C18H25N3OS. The lowest BCUT2D eigenvalue weighted by Crippen LogP contribution is -2.26. The number of hydrogen-bond acceptors (Lipinski definition) is 3. The summed E-state index contributed by atoms with van der Waals surface area (Å²) in [5.41, 5.74) is 4.52. The Bertz CT molecular complexity index is 676. The average molecular weight is 331 g/mol. The number of hydrogen-bond donors (Lipinski definition) is 0. The molecule has 1 heterocycles. The normalized spacial score (nSPS) is 10.8. The van der Waals surface area contributed by atoms with Gasteiger partial charge in [0.1, 0.15) is 0 Å². The third-order valence-corrected chi connectivity index (χ3v) is 5.00. The van der Waals surface area contributed by atoms with Crippen LogP contribution in [0.3, 0.4) is 0 Å². The van der Waals surface area contributed by atoms with Gasteiger partial charge in [-0.05, 0) is 49.8 Å². The molecule has 0 N–H and O–H groups in total. The molecule has 23 heavy (non-hydrogen) atoms. The van der Waals surface area contributed by atoms with Crippen LogP contribution in [0.25, 0.3) is 0 Å². The van der Waals surface area contributed by atoms with Crippen molar-refractivity contribution >= 4 is 17.7 Å². The zero-order chi connectivity index (χ0) is 17.0. The largest absolute Gasteiger partial charge is 0.341 e. The second-order valence-electron chi connectivity index (χ2n) is 5.87. The van der Waals surface area contributed by atoms with Crippen molar-refractivity contribution in [2.45, 2.75) is 38.1 Å². The monoisotopic (exact) mass is 331 g/mol. The van der Waals surface area contributed by atoms with Gasteiger partial charge in [-0.1, -0.05) is 12.1 Å². The number of rotatable bonds is 6. The molecule has 0 radical (unpaired) electrons. The Morgan fingerprint density at radius 1 is 1.26 bits per heavy atom. The highest BCUT2D eigenvalue weighted by Gasteiger charge is 2.14. The molecule has 0 spiro atoms. The summed E-state index contributed by atoms with van der Waals surface area (Å²) in [6.45, 7) is 4.71. The van der Waals surface area contributed by atoms with Crippen LogP contribution in [0, 0.1) is 13.8 Å². The fraction of sp³-hybridized carbons (Fsp3) is 0.444. The lowest BCUT2D eigenvalue weighted by atomic mass is 10.1. The molecule has 1 aromatic carbocycles. The number of amides is 1. The molecule has 1 aromatic heterocycles. The average Bonchev–Trinajstić information content (AvgIpc) is 2.78. The van der Waals surface area contributed by atoms with Crippen LogP contribution >= 0.6 is 11.8 Å². The van der Waals surface area contributed by atoms with E-state index < -0.39 is 0 Å². The van der Waals surface area contributed by atoms with Crippen LogP contribution < -0.4 is 0 Å². The second kappa shape index (κ2) is 7.68. The van der Waals surface area contributed by atoms with Gasteiger partial charge in [0.2, 0.25) is 5.91 Å². The molecular weight excluding hydrogens is 306 g/mol. The standard InChI is InChI=1S/C18H25N3OS/c1-13-17(14(2)21(4)19-13)10-11-18(22)20(3)12-15-6-8-16(23-5)9-7-15/h6-9H,10-12H2,1-5H3. The number of thioether (sulfide) groups is 1. The van der Waals surface area contributed by atoms with Gasteiger partial charge in [0, 0.05) is 37.7 Å². The molecule has 0 saturated carbocycles. The molecule has 0 unspecified atom stereocenters. The van der Waals surface area contributed by atoms with Crippen LogP contribution in [0.4, 0.5) is 0 Å². The number of nitrogens with zero attached hydrogens (tertiary/aromatic N) is 3.